The minimum absolute atomic E-state index is 0.173. The number of aliphatic hydroxyl groups excluding tert-OH is 3. The molecule has 5 N–H and O–H groups in total. The molecule has 0 aromatic rings. The van der Waals surface area contributed by atoms with Crippen molar-refractivity contribution in [2.75, 3.05) is 32.9 Å². The minimum Gasteiger partial charge on any atom is -0.394 e. The molecule has 0 aromatic heterocycles. The largest absolute Gasteiger partial charge is 0.394 e. The lowest BCUT2D eigenvalue weighted by Crippen LogP contribution is -2.61. The van der Waals surface area contributed by atoms with Crippen molar-refractivity contribution in [3.63, 3.8) is 0 Å². The van der Waals surface area contributed by atoms with Crippen LogP contribution in [-0.4, -0.2) is 59.7 Å². The summed E-state index contributed by atoms with van der Waals surface area (Å²) in [6.07, 6.45) is 3.16. The van der Waals surface area contributed by atoms with Crippen molar-refractivity contribution in [1.82, 2.24) is 10.6 Å². The Hall–Kier alpha value is -0.690. The van der Waals surface area contributed by atoms with Gasteiger partial charge < -0.3 is 26.0 Å². The molecular formula is C13H26N2O4. The average Bonchev–Trinajstić information content (AvgIpc) is 2.46. The summed E-state index contributed by atoms with van der Waals surface area (Å²) < 4.78 is 0. The molecule has 0 unspecified atom stereocenters. The molecule has 1 saturated heterocycles. The van der Waals surface area contributed by atoms with Gasteiger partial charge in [-0.25, -0.2) is 0 Å². The van der Waals surface area contributed by atoms with Crippen LogP contribution < -0.4 is 10.6 Å². The second kappa shape index (κ2) is 7.19. The Morgan fingerprint density at radius 1 is 1.21 bits per heavy atom. The van der Waals surface area contributed by atoms with Gasteiger partial charge in [0.05, 0.1) is 25.2 Å². The number of rotatable bonds is 7. The van der Waals surface area contributed by atoms with Crippen LogP contribution in [0.1, 0.15) is 32.6 Å². The van der Waals surface area contributed by atoms with Gasteiger partial charge in [0.25, 0.3) is 0 Å². The van der Waals surface area contributed by atoms with E-state index in [1.54, 1.807) is 0 Å². The zero-order chi connectivity index (χ0) is 14.4. The van der Waals surface area contributed by atoms with Gasteiger partial charge in [-0.1, -0.05) is 13.3 Å². The van der Waals surface area contributed by atoms with Crippen molar-refractivity contribution in [2.24, 2.45) is 5.41 Å². The first-order valence-corrected chi connectivity index (χ1v) is 6.94. The van der Waals surface area contributed by atoms with Gasteiger partial charge in [-0.05, 0) is 32.4 Å². The number of hydrogen-bond donors (Lipinski definition) is 5. The fraction of sp³-hybridized carbons (Fsp3) is 0.923. The van der Waals surface area contributed by atoms with E-state index in [0.29, 0.717) is 0 Å². The summed E-state index contributed by atoms with van der Waals surface area (Å²) >= 11 is 0. The van der Waals surface area contributed by atoms with Crippen LogP contribution in [0.25, 0.3) is 0 Å². The minimum atomic E-state index is -1.33. The monoisotopic (exact) mass is 274 g/mol. The number of carbonyl (C=O) groups excluding carboxylic acids is 1. The highest BCUT2D eigenvalue weighted by atomic mass is 16.3. The van der Waals surface area contributed by atoms with Crippen LogP contribution in [-0.2, 0) is 4.79 Å². The molecule has 1 heterocycles. The van der Waals surface area contributed by atoms with Gasteiger partial charge in [0, 0.05) is 0 Å². The first-order valence-electron chi connectivity index (χ1n) is 6.94. The number of nitrogens with one attached hydrogen (secondary N) is 2. The van der Waals surface area contributed by atoms with Crippen LogP contribution in [0.5, 0.6) is 0 Å². The van der Waals surface area contributed by atoms with Crippen molar-refractivity contribution >= 4 is 5.91 Å². The number of carbonyl (C=O) groups is 1. The number of piperidine rings is 1. The number of aliphatic hydroxyl groups is 3. The third-order valence-corrected chi connectivity index (χ3v) is 4.06. The zero-order valence-corrected chi connectivity index (χ0v) is 11.6. The van der Waals surface area contributed by atoms with Gasteiger partial charge in [-0.15, -0.1) is 0 Å². The summed E-state index contributed by atoms with van der Waals surface area (Å²) in [6, 6.07) is 0. The topological polar surface area (TPSA) is 102 Å². The lowest BCUT2D eigenvalue weighted by atomic mass is 9.74. The van der Waals surface area contributed by atoms with Crippen LogP contribution in [0.15, 0.2) is 0 Å². The van der Waals surface area contributed by atoms with Gasteiger partial charge in [-0.3, -0.25) is 4.79 Å². The fourth-order valence-electron chi connectivity index (χ4n) is 2.62. The maximum Gasteiger partial charge on any atom is 0.226 e. The molecule has 0 atom stereocenters. The lowest BCUT2D eigenvalue weighted by molar-refractivity contribution is -0.137. The van der Waals surface area contributed by atoms with E-state index in [2.05, 4.69) is 10.6 Å². The fourth-order valence-corrected chi connectivity index (χ4v) is 2.62. The summed E-state index contributed by atoms with van der Waals surface area (Å²) in [6.45, 7) is 2.18. The molecule has 0 aromatic carbocycles. The van der Waals surface area contributed by atoms with Gasteiger partial charge in [0.15, 0.2) is 0 Å². The highest BCUT2D eigenvalue weighted by Gasteiger charge is 2.42. The van der Waals surface area contributed by atoms with Crippen molar-refractivity contribution in [1.29, 1.82) is 0 Å². The molecule has 1 rings (SSSR count). The highest BCUT2D eigenvalue weighted by Crippen LogP contribution is 2.34. The molecule has 6 heteroatoms. The molecule has 1 amide bonds. The van der Waals surface area contributed by atoms with Gasteiger partial charge >= 0.3 is 0 Å². The zero-order valence-electron chi connectivity index (χ0n) is 11.6. The highest BCUT2D eigenvalue weighted by molar-refractivity contribution is 5.83. The number of amides is 1. The molecule has 1 aliphatic rings. The quantitative estimate of drug-likeness (QED) is 0.409. The predicted molar refractivity (Wildman–Crippen MR) is 71.6 cm³/mol. The van der Waals surface area contributed by atoms with E-state index in [1.165, 1.54) is 0 Å². The van der Waals surface area contributed by atoms with Crippen LogP contribution in [0.4, 0.5) is 0 Å². The maximum absolute atomic E-state index is 12.5. The van der Waals surface area contributed by atoms with E-state index < -0.39 is 30.8 Å². The molecule has 0 bridgehead atoms. The molecule has 0 saturated carbocycles. The van der Waals surface area contributed by atoms with E-state index in [-0.39, 0.29) is 5.91 Å². The van der Waals surface area contributed by atoms with Gasteiger partial charge in [-0.2, -0.15) is 0 Å². The lowest BCUT2D eigenvalue weighted by Gasteiger charge is -2.39. The standard InChI is InChI=1S/C13H26N2O4/c1-2-3-12(4-6-14-7-5-12)11(19)15-13(8-16,9-17)10-18/h14,16-18H,2-10H2,1H3,(H,15,19). The Morgan fingerprint density at radius 3 is 2.16 bits per heavy atom. The average molecular weight is 274 g/mol. The Balaban J connectivity index is 2.82. The Kier molecular flexibility index (Phi) is 6.19. The van der Waals surface area contributed by atoms with Crippen LogP contribution in [0.3, 0.4) is 0 Å². The molecule has 19 heavy (non-hydrogen) atoms. The van der Waals surface area contributed by atoms with E-state index >= 15 is 0 Å². The normalized spacial score (nSPS) is 19.2. The van der Waals surface area contributed by atoms with Gasteiger partial charge in [0.2, 0.25) is 5.91 Å². The van der Waals surface area contributed by atoms with Crippen molar-refractivity contribution in [3.8, 4) is 0 Å². The van der Waals surface area contributed by atoms with Crippen molar-refractivity contribution < 1.29 is 20.1 Å². The van der Waals surface area contributed by atoms with Crippen LogP contribution in [0.2, 0.25) is 0 Å². The summed E-state index contributed by atoms with van der Waals surface area (Å²) in [5.74, 6) is -0.173. The van der Waals surface area contributed by atoms with E-state index in [1.807, 2.05) is 6.92 Å². The van der Waals surface area contributed by atoms with E-state index in [4.69, 9.17) is 0 Å². The second-order valence-electron chi connectivity index (χ2n) is 5.49. The SMILES string of the molecule is CCCC1(C(=O)NC(CO)(CO)CO)CCNCC1. The maximum atomic E-state index is 12.5. The molecule has 0 spiro atoms. The Labute approximate surface area is 114 Å². The molecular weight excluding hydrogens is 248 g/mol. The summed E-state index contributed by atoms with van der Waals surface area (Å²) in [5.41, 5.74) is -1.78. The van der Waals surface area contributed by atoms with Crippen LogP contribution >= 0.6 is 0 Å². The Morgan fingerprint density at radius 2 is 1.74 bits per heavy atom. The summed E-state index contributed by atoms with van der Waals surface area (Å²) in [4.78, 5) is 12.5. The second-order valence-corrected chi connectivity index (χ2v) is 5.49. The van der Waals surface area contributed by atoms with Crippen LogP contribution in [0, 0.1) is 5.41 Å². The van der Waals surface area contributed by atoms with E-state index in [9.17, 15) is 20.1 Å². The predicted octanol–water partition coefficient (Wildman–Crippen LogP) is -1.01. The number of hydrogen-bond acceptors (Lipinski definition) is 5. The van der Waals surface area contributed by atoms with E-state index in [0.717, 1.165) is 38.8 Å². The summed E-state index contributed by atoms with van der Waals surface area (Å²) in [7, 11) is 0. The molecule has 6 nitrogen and oxygen atoms in total. The molecule has 112 valence electrons. The van der Waals surface area contributed by atoms with Gasteiger partial charge in [0.1, 0.15) is 5.54 Å². The first-order chi connectivity index (χ1) is 9.08. The Bertz CT molecular complexity index is 273. The third kappa shape index (κ3) is 3.66. The molecule has 0 aliphatic carbocycles. The smallest absolute Gasteiger partial charge is 0.226 e. The molecule has 1 aliphatic heterocycles. The van der Waals surface area contributed by atoms with Crippen molar-refractivity contribution in [2.45, 2.75) is 38.1 Å². The molecule has 0 radical (unpaired) electrons. The molecule has 1 fully saturated rings. The van der Waals surface area contributed by atoms with Crippen molar-refractivity contribution in [3.05, 3.63) is 0 Å². The first kappa shape index (κ1) is 16.4. The third-order valence-electron chi connectivity index (χ3n) is 4.06. The summed E-state index contributed by atoms with van der Waals surface area (Å²) in [5, 5.41) is 33.8.